The van der Waals surface area contributed by atoms with Gasteiger partial charge in [-0.25, -0.2) is 9.13 Å². The molecule has 0 heterocycles. The molecule has 19 heteroatoms. The fourth-order valence-corrected chi connectivity index (χ4v) is 13.1. The van der Waals surface area contributed by atoms with E-state index in [1.54, 1.807) is 0 Å². The van der Waals surface area contributed by atoms with Gasteiger partial charge < -0.3 is 33.8 Å². The summed E-state index contributed by atoms with van der Waals surface area (Å²) < 4.78 is 68.6. The van der Waals surface area contributed by atoms with Crippen molar-refractivity contribution in [2.75, 3.05) is 39.6 Å². The van der Waals surface area contributed by atoms with Gasteiger partial charge in [-0.15, -0.1) is 0 Å². The van der Waals surface area contributed by atoms with Gasteiger partial charge in [-0.2, -0.15) is 0 Å². The van der Waals surface area contributed by atoms with Crippen molar-refractivity contribution in [1.82, 2.24) is 0 Å². The van der Waals surface area contributed by atoms with Gasteiger partial charge >= 0.3 is 39.5 Å². The third-order valence-corrected chi connectivity index (χ3v) is 19.8. The first-order valence-electron chi connectivity index (χ1n) is 40.9. The number of esters is 4. The lowest BCUT2D eigenvalue weighted by Gasteiger charge is -2.21. The predicted molar refractivity (Wildman–Crippen MR) is 409 cm³/mol. The van der Waals surface area contributed by atoms with E-state index in [9.17, 15) is 43.2 Å². The van der Waals surface area contributed by atoms with Gasteiger partial charge in [-0.1, -0.05) is 333 Å². The van der Waals surface area contributed by atoms with Crippen LogP contribution in [0, 0.1) is 0 Å². The van der Waals surface area contributed by atoms with Crippen LogP contribution in [0.1, 0.15) is 387 Å². The number of ether oxygens (including phenoxy) is 4. The molecule has 0 radical (unpaired) electrons. The van der Waals surface area contributed by atoms with E-state index in [-0.39, 0.29) is 25.7 Å². The van der Waals surface area contributed by atoms with E-state index in [1.807, 2.05) is 0 Å². The largest absolute Gasteiger partial charge is 0.472 e. The van der Waals surface area contributed by atoms with Gasteiger partial charge in [0.25, 0.3) is 0 Å². The second-order valence-corrected chi connectivity index (χ2v) is 30.7. The zero-order valence-corrected chi connectivity index (χ0v) is 65.9. The molecule has 5 atom stereocenters. The Morgan fingerprint density at radius 3 is 0.730 bits per heavy atom. The van der Waals surface area contributed by atoms with E-state index < -0.39 is 97.5 Å². The lowest BCUT2D eigenvalue weighted by atomic mass is 10.0. The molecular weight excluding hydrogens is 1310 g/mol. The Hall–Kier alpha value is -2.98. The zero-order valence-electron chi connectivity index (χ0n) is 64.1. The van der Waals surface area contributed by atoms with Gasteiger partial charge in [0.2, 0.25) is 0 Å². The standard InChI is InChI=1S/C81H150O17P2/c1-5-9-13-17-21-25-29-33-36-37-38-41-44-48-52-56-60-64-68-81(86)98-77(72-92-79(84)66-62-58-54-50-46-42-39-34-30-26-22-18-14-10-6-2)74-96-100(89,90)94-70-75(82)69-93-99(87,88)95-73-76(71-91-78(83)65-61-57-53-49-45-32-28-24-20-16-12-8-4)97-80(85)67-63-59-55-51-47-43-40-35-31-27-23-19-15-11-7-3/h26-27,30-31,34-35,39-40,75-77,82H,5-25,28-29,32-33,36-38,41-74H2,1-4H3,(H,87,88)(H,89,90)/b30-26-,31-27-,39-34-,40-35-/t75-,76+,77+/m0/s1. The Morgan fingerprint density at radius 2 is 0.480 bits per heavy atom. The molecule has 0 amide bonds. The molecule has 0 aliphatic carbocycles. The summed E-state index contributed by atoms with van der Waals surface area (Å²) in [4.78, 5) is 73.0. The van der Waals surface area contributed by atoms with Gasteiger partial charge in [-0.3, -0.25) is 37.3 Å². The molecule has 0 rings (SSSR count). The number of hydrogen-bond acceptors (Lipinski definition) is 15. The normalized spacial score (nSPS) is 14.1. The number of aliphatic hydroxyl groups is 1. The summed E-state index contributed by atoms with van der Waals surface area (Å²) in [6.07, 6.45) is 72.2. The van der Waals surface area contributed by atoms with E-state index in [0.717, 1.165) is 122 Å². The number of carbonyl (C=O) groups excluding carboxylic acids is 4. The SMILES string of the molecule is CCCCCC/C=C\C=C/CCCCCCCC(=O)OC[C@H](COP(=O)(O)OC[C@@H](O)COP(=O)(O)OC[C@@H](COC(=O)CCCCCCCCCCCCCC)OC(=O)CCCCCCC/C=C\C=C/CCCCCC)OC(=O)CCCCCCCCCCCCCCCCCCCC. The zero-order chi connectivity index (χ0) is 73.2. The first kappa shape index (κ1) is 97.0. The maximum Gasteiger partial charge on any atom is 0.472 e. The second kappa shape index (κ2) is 74.3. The summed E-state index contributed by atoms with van der Waals surface area (Å²) in [5.74, 6) is -2.17. The topological polar surface area (TPSA) is 237 Å². The van der Waals surface area contributed by atoms with Crippen LogP contribution in [0.25, 0.3) is 0 Å². The predicted octanol–water partition coefficient (Wildman–Crippen LogP) is 23.7. The van der Waals surface area contributed by atoms with Crippen LogP contribution in [0.3, 0.4) is 0 Å². The highest BCUT2D eigenvalue weighted by molar-refractivity contribution is 7.47. The lowest BCUT2D eigenvalue weighted by Crippen LogP contribution is -2.30. The molecule has 0 aliphatic rings. The number of carbonyl (C=O) groups is 4. The van der Waals surface area contributed by atoms with Crippen molar-refractivity contribution < 1.29 is 80.2 Å². The number of phosphoric acid groups is 2. The minimum atomic E-state index is -4.97. The van der Waals surface area contributed by atoms with Crippen LogP contribution in [0.5, 0.6) is 0 Å². The van der Waals surface area contributed by atoms with Crippen molar-refractivity contribution in [2.24, 2.45) is 0 Å². The lowest BCUT2D eigenvalue weighted by molar-refractivity contribution is -0.161. The Labute approximate surface area is 610 Å². The average molecular weight is 1460 g/mol. The van der Waals surface area contributed by atoms with Crippen molar-refractivity contribution in [3.05, 3.63) is 48.6 Å². The number of unbranched alkanes of at least 4 members (excludes halogenated alkanes) is 46. The quantitative estimate of drug-likeness (QED) is 0.0169. The number of phosphoric ester groups is 2. The summed E-state index contributed by atoms with van der Waals surface area (Å²) in [6.45, 7) is 4.89. The van der Waals surface area contributed by atoms with Gasteiger partial charge in [0.1, 0.15) is 19.3 Å². The fourth-order valence-electron chi connectivity index (χ4n) is 11.6. The molecular formula is C81H150O17P2. The van der Waals surface area contributed by atoms with Crippen LogP contribution in [0.15, 0.2) is 48.6 Å². The Kier molecular flexibility index (Phi) is 72.1. The molecule has 586 valence electrons. The summed E-state index contributed by atoms with van der Waals surface area (Å²) in [6, 6.07) is 0. The summed E-state index contributed by atoms with van der Waals surface area (Å²) in [5.41, 5.74) is 0. The van der Waals surface area contributed by atoms with Crippen molar-refractivity contribution in [3.8, 4) is 0 Å². The molecule has 0 saturated carbocycles. The molecule has 3 N–H and O–H groups in total. The minimum absolute atomic E-state index is 0.0835. The molecule has 0 saturated heterocycles. The Morgan fingerprint density at radius 1 is 0.280 bits per heavy atom. The third kappa shape index (κ3) is 73.3. The van der Waals surface area contributed by atoms with E-state index in [1.165, 1.54) is 186 Å². The number of hydrogen-bond donors (Lipinski definition) is 3. The first-order valence-corrected chi connectivity index (χ1v) is 43.9. The van der Waals surface area contributed by atoms with Crippen molar-refractivity contribution in [3.63, 3.8) is 0 Å². The highest BCUT2D eigenvalue weighted by atomic mass is 31.2. The maximum atomic E-state index is 13.1. The summed E-state index contributed by atoms with van der Waals surface area (Å²) >= 11 is 0. The molecule has 0 spiro atoms. The van der Waals surface area contributed by atoms with Crippen molar-refractivity contribution in [2.45, 2.75) is 406 Å². The van der Waals surface area contributed by atoms with Gasteiger partial charge in [-0.05, 0) is 77.0 Å². The van der Waals surface area contributed by atoms with E-state index in [2.05, 4.69) is 76.3 Å². The molecule has 0 bridgehead atoms. The summed E-state index contributed by atoms with van der Waals surface area (Å²) in [5, 5.41) is 10.6. The summed E-state index contributed by atoms with van der Waals surface area (Å²) in [7, 11) is -9.94. The van der Waals surface area contributed by atoms with Crippen molar-refractivity contribution >= 4 is 39.5 Å². The molecule has 2 unspecified atom stereocenters. The second-order valence-electron chi connectivity index (χ2n) is 27.8. The number of aliphatic hydroxyl groups excluding tert-OH is 1. The molecule has 0 aliphatic heterocycles. The van der Waals surface area contributed by atoms with Gasteiger partial charge in [0, 0.05) is 25.7 Å². The molecule has 100 heavy (non-hydrogen) atoms. The van der Waals surface area contributed by atoms with Crippen molar-refractivity contribution in [1.29, 1.82) is 0 Å². The van der Waals surface area contributed by atoms with Crippen LogP contribution in [0.2, 0.25) is 0 Å². The van der Waals surface area contributed by atoms with Crippen LogP contribution >= 0.6 is 15.6 Å². The maximum absolute atomic E-state index is 13.1. The van der Waals surface area contributed by atoms with Gasteiger partial charge in [0.05, 0.1) is 26.4 Å². The Bertz CT molecular complexity index is 2080. The average Bonchev–Trinajstić information content (AvgIpc) is 0.959. The molecule has 0 aromatic rings. The van der Waals surface area contributed by atoms with E-state index >= 15 is 0 Å². The number of allylic oxidation sites excluding steroid dienone is 8. The third-order valence-electron chi connectivity index (χ3n) is 17.9. The van der Waals surface area contributed by atoms with Crippen LogP contribution in [-0.4, -0.2) is 96.7 Å². The minimum Gasteiger partial charge on any atom is -0.462 e. The molecule has 0 aromatic carbocycles. The van der Waals surface area contributed by atoms with Gasteiger partial charge in [0.15, 0.2) is 12.2 Å². The highest BCUT2D eigenvalue weighted by Gasteiger charge is 2.30. The Balaban J connectivity index is 5.32. The smallest absolute Gasteiger partial charge is 0.462 e. The number of rotatable bonds is 78. The van der Waals surface area contributed by atoms with E-state index in [4.69, 9.17) is 37.0 Å². The molecule has 17 nitrogen and oxygen atoms in total. The monoisotopic (exact) mass is 1460 g/mol. The van der Waals surface area contributed by atoms with Crippen LogP contribution in [-0.2, 0) is 65.4 Å². The fraction of sp³-hybridized carbons (Fsp3) is 0.852. The van der Waals surface area contributed by atoms with Crippen LogP contribution < -0.4 is 0 Å². The highest BCUT2D eigenvalue weighted by Crippen LogP contribution is 2.45. The molecule has 0 fully saturated rings. The van der Waals surface area contributed by atoms with E-state index in [0.29, 0.717) is 25.7 Å². The molecule has 0 aromatic heterocycles. The first-order chi connectivity index (χ1) is 48.7. The van der Waals surface area contributed by atoms with Crippen LogP contribution in [0.4, 0.5) is 0 Å².